The minimum Gasteiger partial charge on any atom is -0.469 e. The molecule has 77 heavy (non-hydrogen) atoms. The van der Waals surface area contributed by atoms with E-state index in [1.807, 2.05) is 0 Å². The first-order valence-corrected chi connectivity index (χ1v) is 31.6. The van der Waals surface area contributed by atoms with E-state index in [0.717, 1.165) is 95.2 Å². The lowest BCUT2D eigenvalue weighted by molar-refractivity contribution is -0.204. The van der Waals surface area contributed by atoms with E-state index in [1.54, 1.807) is 0 Å². The zero-order valence-electron chi connectivity index (χ0n) is 49.3. The third kappa shape index (κ3) is 35.2. The lowest BCUT2D eigenvalue weighted by Crippen LogP contribution is -2.65. The maximum Gasteiger partial charge on any atom is 0.305 e. The molecule has 448 valence electrons. The van der Waals surface area contributed by atoms with Crippen LogP contribution in [0.3, 0.4) is 0 Å². The van der Waals surface area contributed by atoms with E-state index in [0.29, 0.717) is 6.42 Å². The fourth-order valence-corrected chi connectivity index (χ4v) is 11.1. The molecule has 8 atom stereocenters. The van der Waals surface area contributed by atoms with E-state index in [-0.39, 0.29) is 36.9 Å². The zero-order chi connectivity index (χ0) is 57.1. The predicted octanol–water partition coefficient (Wildman–Crippen LogP) is 11.5. The molecule has 0 aromatic heterocycles. The second-order valence-electron chi connectivity index (χ2n) is 21.9. The molecule has 0 bridgehead atoms. The first-order valence-electron chi connectivity index (χ1n) is 30.7. The molecule has 1 heterocycles. The van der Waals surface area contributed by atoms with Crippen LogP contribution < -0.4 is 21.7 Å². The highest BCUT2D eigenvalue weighted by Gasteiger charge is 2.49. The average molecular weight is 1110 g/mol. The molecule has 0 unspecified atom stereocenters. The number of nitrogens with one attached hydrogen (secondary N) is 3. The number of hydrogen-bond donors (Lipinski definition) is 5. The third-order valence-corrected chi connectivity index (χ3v) is 16.0. The van der Waals surface area contributed by atoms with Gasteiger partial charge in [0.05, 0.1) is 13.2 Å². The van der Waals surface area contributed by atoms with Crippen molar-refractivity contribution in [3.8, 4) is 0 Å². The summed E-state index contributed by atoms with van der Waals surface area (Å²) in [6.07, 6.45) is 32.2. The van der Waals surface area contributed by atoms with E-state index in [1.165, 1.54) is 150 Å². The fraction of sp³-hybridized carbons (Fsp3) is 0.883. The highest BCUT2D eigenvalue weighted by molar-refractivity contribution is 8.14. The Morgan fingerprint density at radius 3 is 1.45 bits per heavy atom. The van der Waals surface area contributed by atoms with E-state index in [4.69, 9.17) is 19.9 Å². The van der Waals surface area contributed by atoms with Gasteiger partial charge in [0.1, 0.15) is 48.5 Å². The Morgan fingerprint density at radius 1 is 0.584 bits per heavy atom. The largest absolute Gasteiger partial charge is 0.469 e. The number of aliphatic hydroxyl groups excluding tert-OH is 1. The van der Waals surface area contributed by atoms with Crippen LogP contribution in [-0.2, 0) is 52.5 Å². The van der Waals surface area contributed by atoms with Crippen molar-refractivity contribution >= 4 is 52.4 Å². The van der Waals surface area contributed by atoms with Gasteiger partial charge in [-0.05, 0) is 39.5 Å². The van der Waals surface area contributed by atoms with Gasteiger partial charge in [-0.25, -0.2) is 0 Å². The molecule has 1 aliphatic heterocycles. The molecule has 0 radical (unpaired) electrons. The van der Waals surface area contributed by atoms with Crippen LogP contribution in [0.1, 0.15) is 273 Å². The smallest absolute Gasteiger partial charge is 0.305 e. The molecule has 0 aliphatic carbocycles. The number of aliphatic hydroxyl groups is 1. The Hall–Kier alpha value is -3.28. The summed E-state index contributed by atoms with van der Waals surface area (Å²) in [6.45, 7) is 10.4. The van der Waals surface area contributed by atoms with Crippen LogP contribution >= 0.6 is 11.8 Å². The third-order valence-electron chi connectivity index (χ3n) is 14.8. The number of ether oxygens (including phenoxy) is 4. The van der Waals surface area contributed by atoms with Gasteiger partial charge in [-0.15, -0.1) is 0 Å². The first-order chi connectivity index (χ1) is 37.1. The lowest BCUT2D eigenvalue weighted by atomic mass is 9.95. The lowest BCUT2D eigenvalue weighted by Gasteiger charge is -2.45. The van der Waals surface area contributed by atoms with Gasteiger partial charge < -0.3 is 45.7 Å². The van der Waals surface area contributed by atoms with Gasteiger partial charge in [-0.3, -0.25) is 33.6 Å². The second-order valence-corrected chi connectivity index (χ2v) is 23.0. The molecule has 0 spiro atoms. The summed E-state index contributed by atoms with van der Waals surface area (Å²) >= 11 is 0.953. The molecule has 6 N–H and O–H groups in total. The summed E-state index contributed by atoms with van der Waals surface area (Å²) in [5, 5.41) is 19.7. The number of thioether (sulfide) groups is 1. The van der Waals surface area contributed by atoms with Gasteiger partial charge in [-0.2, -0.15) is 0 Å². The normalized spacial score (nSPS) is 18.5. The number of carbonyl (C=O) groups excluding carboxylic acids is 7. The average Bonchev–Trinajstić information content (AvgIpc) is 3.40. The Morgan fingerprint density at radius 2 is 1.03 bits per heavy atom. The van der Waals surface area contributed by atoms with E-state index in [9.17, 15) is 38.7 Å². The van der Waals surface area contributed by atoms with Gasteiger partial charge in [-0.1, -0.05) is 225 Å². The number of hydrogen-bond acceptors (Lipinski definition) is 13. The monoisotopic (exact) mass is 1110 g/mol. The van der Waals surface area contributed by atoms with Crippen molar-refractivity contribution in [2.75, 3.05) is 13.7 Å². The SMILES string of the molecule is CCCCCCCCCCCCCCC(CCCCCCCCCCCCCC)C(=O)S[C@@H]1O[C@H](COC(=O)CCCCCCCCC)[C@@H](O)[C@H](O[C@H](C)C(=O)N[C@@H](C)C(=O)N[C@H](CCC(=O)OC)C(N)=O)[C@H]1NC(C)=O. The van der Waals surface area contributed by atoms with Crippen LogP contribution in [0.5, 0.6) is 0 Å². The molecule has 4 amide bonds. The Labute approximate surface area is 470 Å². The maximum atomic E-state index is 14.6. The highest BCUT2D eigenvalue weighted by atomic mass is 32.2. The van der Waals surface area contributed by atoms with Crippen molar-refractivity contribution in [1.29, 1.82) is 0 Å². The number of carbonyl (C=O) groups is 7. The summed E-state index contributed by atoms with van der Waals surface area (Å²) in [7, 11) is 1.20. The van der Waals surface area contributed by atoms with Gasteiger partial charge in [0.25, 0.3) is 0 Å². The van der Waals surface area contributed by atoms with Crippen LogP contribution in [-0.4, -0.2) is 107 Å². The van der Waals surface area contributed by atoms with Crippen molar-refractivity contribution in [2.24, 2.45) is 11.7 Å². The second kappa shape index (κ2) is 46.5. The molecule has 1 rings (SSSR count). The van der Waals surface area contributed by atoms with E-state index < -0.39 is 83.5 Å². The zero-order valence-corrected chi connectivity index (χ0v) is 50.1. The van der Waals surface area contributed by atoms with Gasteiger partial charge in [0.2, 0.25) is 23.6 Å². The van der Waals surface area contributed by atoms with Gasteiger partial charge in [0.15, 0.2) is 5.12 Å². The van der Waals surface area contributed by atoms with Crippen molar-refractivity contribution in [3.05, 3.63) is 0 Å². The van der Waals surface area contributed by atoms with Crippen molar-refractivity contribution in [2.45, 2.75) is 321 Å². The summed E-state index contributed by atoms with van der Waals surface area (Å²) in [4.78, 5) is 91.3. The van der Waals surface area contributed by atoms with Crippen molar-refractivity contribution < 1.29 is 57.6 Å². The van der Waals surface area contributed by atoms with E-state index in [2.05, 4.69) is 41.5 Å². The van der Waals surface area contributed by atoms with Gasteiger partial charge >= 0.3 is 11.9 Å². The number of esters is 2. The van der Waals surface area contributed by atoms with E-state index >= 15 is 0 Å². The number of amides is 4. The van der Waals surface area contributed by atoms with Crippen LogP contribution in [0, 0.1) is 5.92 Å². The minimum absolute atomic E-state index is 0.0900. The number of unbranched alkanes of at least 4 members (excludes halogenated alkanes) is 28. The first kappa shape index (κ1) is 71.7. The fourth-order valence-electron chi connectivity index (χ4n) is 9.87. The van der Waals surface area contributed by atoms with Gasteiger partial charge in [0, 0.05) is 25.7 Å². The van der Waals surface area contributed by atoms with Crippen LogP contribution in [0.25, 0.3) is 0 Å². The van der Waals surface area contributed by atoms with Crippen molar-refractivity contribution in [3.63, 3.8) is 0 Å². The topological polar surface area (TPSA) is 239 Å². The molecule has 16 nitrogen and oxygen atoms in total. The molecule has 1 saturated heterocycles. The molecule has 1 fully saturated rings. The Kier molecular flexibility index (Phi) is 43.3. The standard InChI is InChI=1S/C60H110N4O12S/c1-8-11-14-17-20-22-24-26-28-31-33-36-39-48(40-37-34-32-29-27-25-23-21-18-15-12-9-2)59(72)77-60-53(63-47(6)65)55(54(68)50(76-60)44-74-52(67)41-38-35-30-19-16-13-10-3)75-46(5)58(71)62-45(4)57(70)64-49(56(61)69)42-43-51(66)73-7/h45-46,48-50,53-55,60,68H,8-44H2,1-7H3,(H2,61,69)(H,62,71)(H,63,65)(H,64,70)/t45-,46+,49+,50+,53+,54+,55+,60-/m0/s1. The quantitative estimate of drug-likeness (QED) is 0.0282. The molecular formula is C60H110N4O12S. The Bertz CT molecular complexity index is 1580. The Balaban J connectivity index is 3.29. The summed E-state index contributed by atoms with van der Waals surface area (Å²) in [5.41, 5.74) is 4.39. The van der Waals surface area contributed by atoms with Crippen LogP contribution in [0.15, 0.2) is 0 Å². The molecule has 0 aromatic rings. The summed E-state index contributed by atoms with van der Waals surface area (Å²) in [5.74, 6) is -4.20. The molecule has 0 aromatic carbocycles. The number of primary amides is 1. The highest BCUT2D eigenvalue weighted by Crippen LogP contribution is 2.35. The number of rotatable bonds is 49. The minimum atomic E-state index is -1.54. The number of nitrogens with two attached hydrogens (primary N) is 1. The van der Waals surface area contributed by atoms with Crippen molar-refractivity contribution in [1.82, 2.24) is 16.0 Å². The predicted molar refractivity (Wildman–Crippen MR) is 308 cm³/mol. The molecule has 17 heteroatoms. The molecule has 0 saturated carbocycles. The van der Waals surface area contributed by atoms with Crippen LogP contribution in [0.4, 0.5) is 0 Å². The number of methoxy groups -OCH3 is 1. The molecular weight excluding hydrogens is 1000 g/mol. The van der Waals surface area contributed by atoms with Crippen LogP contribution in [0.2, 0.25) is 0 Å². The maximum absolute atomic E-state index is 14.6. The molecule has 1 aliphatic rings. The summed E-state index contributed by atoms with van der Waals surface area (Å²) in [6, 6.07) is -3.54. The summed E-state index contributed by atoms with van der Waals surface area (Å²) < 4.78 is 23.1.